The van der Waals surface area contributed by atoms with Gasteiger partial charge in [-0.3, -0.25) is 4.79 Å². The third-order valence-corrected chi connectivity index (χ3v) is 2.97. The molecule has 0 saturated heterocycles. The quantitative estimate of drug-likeness (QED) is 0.900. The summed E-state index contributed by atoms with van der Waals surface area (Å²) < 4.78 is 0. The number of anilines is 1. The summed E-state index contributed by atoms with van der Waals surface area (Å²) in [5.74, 6) is 0.513. The van der Waals surface area contributed by atoms with Crippen LogP contribution in [0.15, 0.2) is 0 Å². The van der Waals surface area contributed by atoms with Crippen molar-refractivity contribution >= 4 is 23.3 Å². The maximum Gasteiger partial charge on any atom is 0.239 e. The van der Waals surface area contributed by atoms with Crippen molar-refractivity contribution in [2.45, 2.75) is 40.7 Å². The molecule has 0 saturated carbocycles. The van der Waals surface area contributed by atoms with E-state index in [4.69, 9.17) is 11.6 Å². The molecule has 0 aliphatic rings. The van der Waals surface area contributed by atoms with Crippen molar-refractivity contribution in [1.29, 1.82) is 0 Å². The van der Waals surface area contributed by atoms with E-state index in [1.54, 1.807) is 0 Å². The highest BCUT2D eigenvalue weighted by Gasteiger charge is 2.16. The minimum atomic E-state index is -0.0482. The van der Waals surface area contributed by atoms with Gasteiger partial charge in [-0.2, -0.15) is 0 Å². The van der Waals surface area contributed by atoms with Crippen LogP contribution in [0.5, 0.6) is 0 Å². The monoisotopic (exact) mass is 284 g/mol. The lowest BCUT2D eigenvalue weighted by atomic mass is 10.3. The zero-order valence-electron chi connectivity index (χ0n) is 12.1. The van der Waals surface area contributed by atoms with E-state index < -0.39 is 0 Å². The van der Waals surface area contributed by atoms with Crippen LogP contribution in [0.1, 0.15) is 32.2 Å². The average Bonchev–Trinajstić information content (AvgIpc) is 2.30. The summed E-state index contributed by atoms with van der Waals surface area (Å²) in [7, 11) is 0. The van der Waals surface area contributed by atoms with Crippen molar-refractivity contribution < 1.29 is 4.79 Å². The number of rotatable bonds is 5. The Hall–Kier alpha value is -1.36. The van der Waals surface area contributed by atoms with Crippen LogP contribution in [-0.4, -0.2) is 35.0 Å². The molecule has 0 aliphatic carbocycles. The molecule has 0 unspecified atom stereocenters. The third-order valence-electron chi connectivity index (χ3n) is 2.71. The maximum atomic E-state index is 11.8. The zero-order valence-corrected chi connectivity index (χ0v) is 12.9. The molecule has 5 nitrogen and oxygen atoms in total. The minimum absolute atomic E-state index is 0.0482. The number of hydrogen-bond donors (Lipinski definition) is 1. The Morgan fingerprint density at radius 3 is 2.42 bits per heavy atom. The topological polar surface area (TPSA) is 58.1 Å². The van der Waals surface area contributed by atoms with Crippen molar-refractivity contribution in [3.8, 4) is 0 Å². The van der Waals surface area contributed by atoms with Gasteiger partial charge in [0.1, 0.15) is 0 Å². The number of carbonyl (C=O) groups excluding carboxylic acids is 1. The van der Waals surface area contributed by atoms with Crippen LogP contribution in [0.25, 0.3) is 0 Å². The van der Waals surface area contributed by atoms with Crippen molar-refractivity contribution in [3.63, 3.8) is 0 Å². The summed E-state index contributed by atoms with van der Waals surface area (Å²) in [4.78, 5) is 22.3. The number of carbonyl (C=O) groups is 1. The Kier molecular flexibility index (Phi) is 5.54. The van der Waals surface area contributed by atoms with Gasteiger partial charge < -0.3 is 10.2 Å². The van der Waals surface area contributed by atoms with Gasteiger partial charge in [-0.1, -0.05) is 11.6 Å². The zero-order chi connectivity index (χ0) is 14.6. The molecule has 106 valence electrons. The first kappa shape index (κ1) is 15.7. The Balaban J connectivity index is 2.91. The summed E-state index contributed by atoms with van der Waals surface area (Å²) in [6, 6.07) is 0.118. The Bertz CT molecular complexity index is 462. The van der Waals surface area contributed by atoms with Crippen LogP contribution in [0.3, 0.4) is 0 Å². The van der Waals surface area contributed by atoms with Crippen molar-refractivity contribution in [2.24, 2.45) is 0 Å². The van der Waals surface area contributed by atoms with Gasteiger partial charge in [-0.15, -0.1) is 0 Å². The van der Waals surface area contributed by atoms with Gasteiger partial charge in [0.15, 0.2) is 11.0 Å². The summed E-state index contributed by atoms with van der Waals surface area (Å²) in [5, 5.41) is 3.19. The number of amides is 1. The van der Waals surface area contributed by atoms with Gasteiger partial charge in [0, 0.05) is 12.6 Å². The lowest BCUT2D eigenvalue weighted by Crippen LogP contribution is -2.40. The van der Waals surface area contributed by atoms with Gasteiger partial charge in [0.05, 0.1) is 17.9 Å². The molecule has 1 aromatic heterocycles. The molecular formula is C13H21ClN4O. The highest BCUT2D eigenvalue weighted by molar-refractivity contribution is 6.31. The van der Waals surface area contributed by atoms with E-state index in [1.807, 2.05) is 39.5 Å². The first-order valence-corrected chi connectivity index (χ1v) is 6.78. The highest BCUT2D eigenvalue weighted by Crippen LogP contribution is 2.22. The van der Waals surface area contributed by atoms with Crippen molar-refractivity contribution in [2.75, 3.05) is 18.0 Å². The second-order valence-electron chi connectivity index (χ2n) is 4.75. The summed E-state index contributed by atoms with van der Waals surface area (Å²) >= 11 is 6.12. The molecule has 0 aliphatic heterocycles. The number of halogens is 1. The molecule has 1 N–H and O–H groups in total. The largest absolute Gasteiger partial charge is 0.352 e. The molecule has 0 aromatic carbocycles. The number of aromatic nitrogens is 2. The van der Waals surface area contributed by atoms with Gasteiger partial charge in [-0.05, 0) is 34.6 Å². The number of likely N-dealkylation sites (N-methyl/N-ethyl adjacent to an activating group) is 1. The Morgan fingerprint density at radius 2 is 1.89 bits per heavy atom. The second kappa shape index (κ2) is 6.70. The normalized spacial score (nSPS) is 10.7. The van der Waals surface area contributed by atoms with E-state index in [1.165, 1.54) is 0 Å². The van der Waals surface area contributed by atoms with Gasteiger partial charge in [0.25, 0.3) is 0 Å². The van der Waals surface area contributed by atoms with E-state index in [9.17, 15) is 4.79 Å². The Morgan fingerprint density at radius 1 is 1.32 bits per heavy atom. The molecule has 0 spiro atoms. The van der Waals surface area contributed by atoms with Gasteiger partial charge in [0.2, 0.25) is 5.91 Å². The molecule has 0 atom stereocenters. The minimum Gasteiger partial charge on any atom is -0.352 e. The molecule has 1 heterocycles. The standard InChI is InChI=1S/C13H21ClN4O/c1-6-18(7-11(19)15-8(2)3)13-12(14)16-9(4)10(5)17-13/h8H,6-7H2,1-5H3,(H,15,19). The van der Waals surface area contributed by atoms with E-state index in [0.29, 0.717) is 17.5 Å². The smallest absolute Gasteiger partial charge is 0.239 e. The lowest BCUT2D eigenvalue weighted by molar-refractivity contribution is -0.120. The molecule has 19 heavy (non-hydrogen) atoms. The summed E-state index contributed by atoms with van der Waals surface area (Å²) in [5.41, 5.74) is 1.62. The first-order valence-electron chi connectivity index (χ1n) is 6.40. The fourth-order valence-corrected chi connectivity index (χ4v) is 1.93. The van der Waals surface area contributed by atoms with Crippen LogP contribution in [-0.2, 0) is 4.79 Å². The number of nitrogens with zero attached hydrogens (tertiary/aromatic N) is 3. The molecule has 1 amide bonds. The first-order chi connectivity index (χ1) is 8.85. The van der Waals surface area contributed by atoms with Crippen LogP contribution in [0, 0.1) is 13.8 Å². The van der Waals surface area contributed by atoms with Crippen LogP contribution >= 0.6 is 11.6 Å². The number of aryl methyl sites for hydroxylation is 2. The fraction of sp³-hybridized carbons (Fsp3) is 0.615. The van der Waals surface area contributed by atoms with Gasteiger partial charge >= 0.3 is 0 Å². The SMILES string of the molecule is CCN(CC(=O)NC(C)C)c1nc(C)c(C)nc1Cl. The van der Waals surface area contributed by atoms with Crippen LogP contribution in [0.4, 0.5) is 5.82 Å². The third kappa shape index (κ3) is 4.35. The molecule has 0 radical (unpaired) electrons. The van der Waals surface area contributed by atoms with Crippen molar-refractivity contribution in [3.05, 3.63) is 16.5 Å². The van der Waals surface area contributed by atoms with Crippen molar-refractivity contribution in [1.82, 2.24) is 15.3 Å². The molecule has 1 aromatic rings. The summed E-state index contributed by atoms with van der Waals surface area (Å²) in [6.07, 6.45) is 0. The highest BCUT2D eigenvalue weighted by atomic mass is 35.5. The number of hydrogen-bond acceptors (Lipinski definition) is 4. The summed E-state index contributed by atoms with van der Waals surface area (Å²) in [6.45, 7) is 10.4. The number of nitrogens with one attached hydrogen (secondary N) is 1. The maximum absolute atomic E-state index is 11.8. The van der Waals surface area contributed by atoms with Gasteiger partial charge in [-0.25, -0.2) is 9.97 Å². The van der Waals surface area contributed by atoms with E-state index in [2.05, 4.69) is 15.3 Å². The van der Waals surface area contributed by atoms with E-state index >= 15 is 0 Å². The second-order valence-corrected chi connectivity index (χ2v) is 5.10. The molecule has 0 fully saturated rings. The Labute approximate surface area is 119 Å². The molecule has 6 heteroatoms. The van der Waals surface area contributed by atoms with Crippen LogP contribution in [0.2, 0.25) is 5.15 Å². The van der Waals surface area contributed by atoms with E-state index in [-0.39, 0.29) is 18.5 Å². The predicted octanol–water partition coefficient (Wildman–Crippen LogP) is 2.10. The molecule has 0 bridgehead atoms. The fourth-order valence-electron chi connectivity index (χ4n) is 1.64. The lowest BCUT2D eigenvalue weighted by Gasteiger charge is -2.23. The van der Waals surface area contributed by atoms with E-state index in [0.717, 1.165) is 11.4 Å². The van der Waals surface area contributed by atoms with Crippen LogP contribution < -0.4 is 10.2 Å². The predicted molar refractivity (Wildman–Crippen MR) is 77.7 cm³/mol. The average molecular weight is 285 g/mol. The molecular weight excluding hydrogens is 264 g/mol. The molecule has 1 rings (SSSR count).